The van der Waals surface area contributed by atoms with Gasteiger partial charge in [0.25, 0.3) is 0 Å². The van der Waals surface area contributed by atoms with Gasteiger partial charge in [-0.25, -0.2) is 0 Å². The number of rotatable bonds is 7. The van der Waals surface area contributed by atoms with Crippen molar-refractivity contribution in [2.75, 3.05) is 13.6 Å². The van der Waals surface area contributed by atoms with E-state index in [2.05, 4.69) is 76.1 Å². The number of benzene rings is 1. The van der Waals surface area contributed by atoms with Crippen LogP contribution in [0.25, 0.3) is 0 Å². The van der Waals surface area contributed by atoms with Gasteiger partial charge in [-0.2, -0.15) is 0 Å². The maximum Gasteiger partial charge on any atom is 0.0233 e. The maximum atomic E-state index is 3.47. The van der Waals surface area contributed by atoms with Crippen molar-refractivity contribution < 1.29 is 0 Å². The summed E-state index contributed by atoms with van der Waals surface area (Å²) in [5.74, 6) is 0. The highest BCUT2D eigenvalue weighted by Gasteiger charge is 2.23. The van der Waals surface area contributed by atoms with Crippen LogP contribution in [0.1, 0.15) is 52.2 Å². The average Bonchev–Trinajstić information content (AvgIpc) is 2.37. The molecule has 1 N–H and O–H groups in total. The van der Waals surface area contributed by atoms with Crippen molar-refractivity contribution >= 4 is 0 Å². The minimum absolute atomic E-state index is 0.315. The second-order valence-electron chi connectivity index (χ2n) is 6.95. The molecule has 2 heteroatoms. The highest BCUT2D eigenvalue weighted by molar-refractivity contribution is 5.23. The highest BCUT2D eigenvalue weighted by Crippen LogP contribution is 2.24. The van der Waals surface area contributed by atoms with E-state index in [0.717, 1.165) is 19.6 Å². The monoisotopic (exact) mass is 276 g/mol. The molecule has 0 heterocycles. The molecule has 0 aliphatic rings. The van der Waals surface area contributed by atoms with Crippen molar-refractivity contribution in [1.82, 2.24) is 10.2 Å². The van der Waals surface area contributed by atoms with Gasteiger partial charge in [0.05, 0.1) is 0 Å². The van der Waals surface area contributed by atoms with E-state index in [9.17, 15) is 0 Å². The molecule has 1 aromatic rings. The molecule has 0 bridgehead atoms. The van der Waals surface area contributed by atoms with E-state index in [4.69, 9.17) is 0 Å². The first kappa shape index (κ1) is 17.2. The normalized spacial score (nSPS) is 13.8. The molecule has 0 radical (unpaired) electrons. The first-order valence-electron chi connectivity index (χ1n) is 7.83. The molecule has 2 nitrogen and oxygen atoms in total. The molecule has 0 amide bonds. The van der Waals surface area contributed by atoms with E-state index in [0.29, 0.717) is 11.5 Å². The molecular formula is C18H32N2. The van der Waals surface area contributed by atoms with Crippen molar-refractivity contribution in [3.63, 3.8) is 0 Å². The van der Waals surface area contributed by atoms with Gasteiger partial charge < -0.3 is 5.32 Å². The standard InChI is InChI=1S/C18H32N2/c1-7-11-19-13-16-9-8-10-17(12-16)14-20(6)15(2)18(3,4)5/h8-10,12,15,19H,7,11,13-14H2,1-6H3. The zero-order valence-electron chi connectivity index (χ0n) is 14.2. The largest absolute Gasteiger partial charge is 0.313 e. The van der Waals surface area contributed by atoms with Gasteiger partial charge in [-0.15, -0.1) is 0 Å². The van der Waals surface area contributed by atoms with Crippen LogP contribution in [0.3, 0.4) is 0 Å². The summed E-state index contributed by atoms with van der Waals surface area (Å²) in [5, 5.41) is 3.47. The Balaban J connectivity index is 2.61. The molecule has 1 unspecified atom stereocenters. The fraction of sp³-hybridized carbons (Fsp3) is 0.667. The Labute approximate surface area is 125 Å². The summed E-state index contributed by atoms with van der Waals surface area (Å²) in [4.78, 5) is 2.44. The van der Waals surface area contributed by atoms with Crippen LogP contribution in [0, 0.1) is 5.41 Å². The third-order valence-electron chi connectivity index (χ3n) is 4.09. The Morgan fingerprint density at radius 1 is 1.20 bits per heavy atom. The van der Waals surface area contributed by atoms with Crippen LogP contribution in [0.5, 0.6) is 0 Å². The summed E-state index contributed by atoms with van der Waals surface area (Å²) in [6.45, 7) is 14.5. The van der Waals surface area contributed by atoms with E-state index < -0.39 is 0 Å². The van der Waals surface area contributed by atoms with Gasteiger partial charge in [-0.05, 0) is 43.5 Å². The minimum atomic E-state index is 0.315. The van der Waals surface area contributed by atoms with E-state index in [1.165, 1.54) is 17.5 Å². The molecular weight excluding hydrogens is 244 g/mol. The summed E-state index contributed by atoms with van der Waals surface area (Å²) in [6.07, 6.45) is 1.19. The molecule has 0 aromatic heterocycles. The van der Waals surface area contributed by atoms with E-state index in [1.807, 2.05) is 0 Å². The van der Waals surface area contributed by atoms with Gasteiger partial charge in [0.1, 0.15) is 0 Å². The summed E-state index contributed by atoms with van der Waals surface area (Å²) in [5.41, 5.74) is 3.10. The first-order chi connectivity index (χ1) is 9.34. The highest BCUT2D eigenvalue weighted by atomic mass is 15.1. The van der Waals surface area contributed by atoms with Gasteiger partial charge in [0.15, 0.2) is 0 Å². The zero-order chi connectivity index (χ0) is 15.2. The van der Waals surface area contributed by atoms with Crippen molar-refractivity contribution in [2.45, 2.75) is 60.2 Å². The Kier molecular flexibility index (Phi) is 6.70. The van der Waals surface area contributed by atoms with E-state index >= 15 is 0 Å². The summed E-state index contributed by atoms with van der Waals surface area (Å²) in [6, 6.07) is 9.50. The van der Waals surface area contributed by atoms with Crippen LogP contribution in [0.2, 0.25) is 0 Å². The summed E-state index contributed by atoms with van der Waals surface area (Å²) >= 11 is 0. The molecule has 1 aromatic carbocycles. The molecule has 1 atom stereocenters. The quantitative estimate of drug-likeness (QED) is 0.756. The summed E-state index contributed by atoms with van der Waals surface area (Å²) in [7, 11) is 2.22. The first-order valence-corrected chi connectivity index (χ1v) is 7.83. The Morgan fingerprint density at radius 3 is 2.45 bits per heavy atom. The van der Waals surface area contributed by atoms with Crippen molar-refractivity contribution in [3.05, 3.63) is 35.4 Å². The second-order valence-corrected chi connectivity index (χ2v) is 6.95. The predicted molar refractivity (Wildman–Crippen MR) is 88.8 cm³/mol. The molecule has 0 saturated carbocycles. The van der Waals surface area contributed by atoms with Crippen LogP contribution in [-0.4, -0.2) is 24.5 Å². The van der Waals surface area contributed by atoms with Crippen LogP contribution < -0.4 is 5.32 Å². The SMILES string of the molecule is CCCNCc1cccc(CN(C)C(C)C(C)(C)C)c1. The van der Waals surface area contributed by atoms with Gasteiger partial charge in [0, 0.05) is 19.1 Å². The number of hydrogen-bond acceptors (Lipinski definition) is 2. The average molecular weight is 276 g/mol. The lowest BCUT2D eigenvalue weighted by molar-refractivity contribution is 0.134. The third kappa shape index (κ3) is 5.64. The lowest BCUT2D eigenvalue weighted by Crippen LogP contribution is -2.38. The number of nitrogens with zero attached hydrogens (tertiary/aromatic N) is 1. The number of nitrogens with one attached hydrogen (secondary N) is 1. The fourth-order valence-electron chi connectivity index (χ4n) is 2.33. The molecule has 1 rings (SSSR count). The van der Waals surface area contributed by atoms with Crippen LogP contribution >= 0.6 is 0 Å². The molecule has 0 aliphatic heterocycles. The maximum absolute atomic E-state index is 3.47. The minimum Gasteiger partial charge on any atom is -0.313 e. The fourth-order valence-corrected chi connectivity index (χ4v) is 2.33. The summed E-state index contributed by atoms with van der Waals surface area (Å²) < 4.78 is 0. The Bertz CT molecular complexity index is 393. The lowest BCUT2D eigenvalue weighted by atomic mass is 9.87. The number of hydrogen-bond donors (Lipinski definition) is 1. The van der Waals surface area contributed by atoms with Crippen LogP contribution in [0.15, 0.2) is 24.3 Å². The Hall–Kier alpha value is -0.860. The topological polar surface area (TPSA) is 15.3 Å². The van der Waals surface area contributed by atoms with E-state index in [1.54, 1.807) is 0 Å². The molecule has 0 aliphatic carbocycles. The van der Waals surface area contributed by atoms with Crippen molar-refractivity contribution in [2.24, 2.45) is 5.41 Å². The molecule has 20 heavy (non-hydrogen) atoms. The van der Waals surface area contributed by atoms with Gasteiger partial charge >= 0.3 is 0 Å². The lowest BCUT2D eigenvalue weighted by Gasteiger charge is -2.35. The Morgan fingerprint density at radius 2 is 1.85 bits per heavy atom. The van der Waals surface area contributed by atoms with Crippen LogP contribution in [0.4, 0.5) is 0 Å². The molecule has 0 fully saturated rings. The van der Waals surface area contributed by atoms with Crippen molar-refractivity contribution in [1.29, 1.82) is 0 Å². The van der Waals surface area contributed by atoms with E-state index in [-0.39, 0.29) is 0 Å². The van der Waals surface area contributed by atoms with Gasteiger partial charge in [-0.1, -0.05) is 52.0 Å². The predicted octanol–water partition coefficient (Wildman–Crippen LogP) is 4.05. The smallest absolute Gasteiger partial charge is 0.0233 e. The molecule has 114 valence electrons. The van der Waals surface area contributed by atoms with Gasteiger partial charge in [0.2, 0.25) is 0 Å². The third-order valence-corrected chi connectivity index (χ3v) is 4.09. The van der Waals surface area contributed by atoms with Crippen LogP contribution in [-0.2, 0) is 13.1 Å². The van der Waals surface area contributed by atoms with Gasteiger partial charge in [-0.3, -0.25) is 4.90 Å². The molecule has 0 spiro atoms. The zero-order valence-corrected chi connectivity index (χ0v) is 14.2. The van der Waals surface area contributed by atoms with Crippen molar-refractivity contribution in [3.8, 4) is 0 Å². The molecule has 0 saturated heterocycles. The second kappa shape index (κ2) is 7.80.